The summed E-state index contributed by atoms with van der Waals surface area (Å²) in [5, 5.41) is 6.84. The molecule has 0 saturated carbocycles. The van der Waals surface area contributed by atoms with Gasteiger partial charge in [0.2, 0.25) is 0 Å². The van der Waals surface area contributed by atoms with Crippen LogP contribution in [0, 0.1) is 6.92 Å². The maximum atomic E-state index is 12.4. The summed E-state index contributed by atoms with van der Waals surface area (Å²) in [7, 11) is -3.67. The quantitative estimate of drug-likeness (QED) is 0.700. The minimum atomic E-state index is -3.67. The first-order valence-corrected chi connectivity index (χ1v) is 9.23. The average molecular weight is 358 g/mol. The van der Waals surface area contributed by atoms with E-state index in [2.05, 4.69) is 20.2 Å². The Hall–Kier alpha value is -2.87. The smallest absolute Gasteiger partial charge is 0.263 e. The molecule has 2 heterocycles. The highest BCUT2D eigenvalue weighted by Crippen LogP contribution is 2.19. The van der Waals surface area contributed by atoms with Crippen LogP contribution in [0.2, 0.25) is 0 Å². The Morgan fingerprint density at radius 1 is 1.08 bits per heavy atom. The number of nitrogens with one attached hydrogen (secondary N) is 2. The Morgan fingerprint density at radius 3 is 2.40 bits per heavy atom. The van der Waals surface area contributed by atoms with E-state index in [0.717, 1.165) is 12.0 Å². The van der Waals surface area contributed by atoms with Crippen LogP contribution in [0.5, 0.6) is 0 Å². The summed E-state index contributed by atoms with van der Waals surface area (Å²) >= 11 is 0. The fourth-order valence-corrected chi connectivity index (χ4v) is 3.21. The molecule has 130 valence electrons. The lowest BCUT2D eigenvalue weighted by Gasteiger charge is -2.09. The van der Waals surface area contributed by atoms with E-state index < -0.39 is 10.0 Å². The molecule has 0 unspecified atom stereocenters. The van der Waals surface area contributed by atoms with E-state index >= 15 is 0 Å². The van der Waals surface area contributed by atoms with Crippen molar-refractivity contribution < 1.29 is 12.9 Å². The molecule has 3 aromatic rings. The van der Waals surface area contributed by atoms with Gasteiger partial charge >= 0.3 is 0 Å². The van der Waals surface area contributed by atoms with Crippen LogP contribution in [0.3, 0.4) is 0 Å². The number of hydrogen-bond acceptors (Lipinski definition) is 6. The third kappa shape index (κ3) is 4.16. The Balaban J connectivity index is 1.71. The fraction of sp³-hybridized carbons (Fsp3) is 0.176. The van der Waals surface area contributed by atoms with E-state index in [1.807, 2.05) is 6.92 Å². The number of aryl methyl sites for hydroxylation is 2. The SMILES string of the molecule is CCc1ccc(S(=O)(=O)Nc2ccc(Nc3cc(C)on3)cn2)cc1. The number of aromatic nitrogens is 2. The lowest BCUT2D eigenvalue weighted by Crippen LogP contribution is -2.13. The van der Waals surface area contributed by atoms with Gasteiger partial charge in [-0.1, -0.05) is 24.2 Å². The van der Waals surface area contributed by atoms with Gasteiger partial charge in [-0.15, -0.1) is 0 Å². The lowest BCUT2D eigenvalue weighted by molar-refractivity contribution is 0.400. The van der Waals surface area contributed by atoms with E-state index in [0.29, 0.717) is 17.3 Å². The van der Waals surface area contributed by atoms with Crippen LogP contribution in [-0.4, -0.2) is 18.6 Å². The zero-order chi connectivity index (χ0) is 17.9. The summed E-state index contributed by atoms with van der Waals surface area (Å²) < 4.78 is 32.2. The van der Waals surface area contributed by atoms with Crippen molar-refractivity contribution in [3.63, 3.8) is 0 Å². The maximum absolute atomic E-state index is 12.4. The second-order valence-corrected chi connectivity index (χ2v) is 7.17. The van der Waals surface area contributed by atoms with Crippen molar-refractivity contribution >= 4 is 27.3 Å². The van der Waals surface area contributed by atoms with E-state index in [4.69, 9.17) is 4.52 Å². The predicted octanol–water partition coefficient (Wildman–Crippen LogP) is 3.48. The molecule has 0 bridgehead atoms. The lowest BCUT2D eigenvalue weighted by atomic mass is 10.2. The van der Waals surface area contributed by atoms with Crippen molar-refractivity contribution in [2.75, 3.05) is 10.0 Å². The molecular weight excluding hydrogens is 340 g/mol. The highest BCUT2D eigenvalue weighted by molar-refractivity contribution is 7.92. The molecule has 0 saturated heterocycles. The largest absolute Gasteiger partial charge is 0.360 e. The molecule has 25 heavy (non-hydrogen) atoms. The summed E-state index contributed by atoms with van der Waals surface area (Å²) in [5.74, 6) is 1.49. The van der Waals surface area contributed by atoms with Gasteiger partial charge in [0.15, 0.2) is 5.82 Å². The Morgan fingerprint density at radius 2 is 1.84 bits per heavy atom. The molecule has 0 atom stereocenters. The molecule has 1 aromatic carbocycles. The normalized spacial score (nSPS) is 11.3. The minimum absolute atomic E-state index is 0.201. The van der Waals surface area contributed by atoms with Gasteiger partial charge in [0.1, 0.15) is 11.6 Å². The number of benzene rings is 1. The van der Waals surface area contributed by atoms with Crippen molar-refractivity contribution in [1.82, 2.24) is 10.1 Å². The summed E-state index contributed by atoms with van der Waals surface area (Å²) in [5.41, 5.74) is 1.75. The molecule has 0 fully saturated rings. The van der Waals surface area contributed by atoms with Crippen LogP contribution >= 0.6 is 0 Å². The first-order valence-electron chi connectivity index (χ1n) is 7.74. The second kappa shape index (κ2) is 6.94. The van der Waals surface area contributed by atoms with Crippen LogP contribution in [0.4, 0.5) is 17.3 Å². The molecule has 0 amide bonds. The first kappa shape index (κ1) is 17.0. The van der Waals surface area contributed by atoms with E-state index in [1.165, 1.54) is 6.20 Å². The van der Waals surface area contributed by atoms with Crippen LogP contribution in [0.1, 0.15) is 18.2 Å². The molecule has 3 rings (SSSR count). The first-order chi connectivity index (χ1) is 12.0. The second-order valence-electron chi connectivity index (χ2n) is 5.48. The molecule has 8 heteroatoms. The third-order valence-electron chi connectivity index (χ3n) is 3.54. The number of sulfonamides is 1. The molecule has 2 N–H and O–H groups in total. The van der Waals surface area contributed by atoms with Crippen molar-refractivity contribution in [2.24, 2.45) is 0 Å². The van der Waals surface area contributed by atoms with E-state index in [-0.39, 0.29) is 10.7 Å². The van der Waals surface area contributed by atoms with E-state index in [1.54, 1.807) is 49.4 Å². The Kier molecular flexibility index (Phi) is 4.71. The van der Waals surface area contributed by atoms with E-state index in [9.17, 15) is 8.42 Å². The van der Waals surface area contributed by atoms with Crippen molar-refractivity contribution in [1.29, 1.82) is 0 Å². The van der Waals surface area contributed by atoms with Crippen LogP contribution in [-0.2, 0) is 16.4 Å². The van der Waals surface area contributed by atoms with Gasteiger partial charge < -0.3 is 9.84 Å². The monoisotopic (exact) mass is 358 g/mol. The summed E-state index contributed by atoms with van der Waals surface area (Å²) in [6.07, 6.45) is 2.37. The molecule has 0 aliphatic heterocycles. The molecule has 0 aliphatic carbocycles. The fourth-order valence-electron chi connectivity index (χ4n) is 2.20. The van der Waals surface area contributed by atoms with Gasteiger partial charge in [0.25, 0.3) is 10.0 Å². The maximum Gasteiger partial charge on any atom is 0.263 e. The number of pyridine rings is 1. The van der Waals surface area contributed by atoms with Gasteiger partial charge in [0.05, 0.1) is 16.8 Å². The molecule has 0 radical (unpaired) electrons. The molecular formula is C17H18N4O3S. The van der Waals surface area contributed by atoms with Gasteiger partial charge in [-0.2, -0.15) is 0 Å². The van der Waals surface area contributed by atoms with Gasteiger partial charge in [-0.25, -0.2) is 13.4 Å². The Labute approximate surface area is 146 Å². The molecule has 0 aliphatic rings. The number of anilines is 3. The van der Waals surface area contributed by atoms with Crippen molar-refractivity contribution in [3.05, 3.63) is 60.0 Å². The standard InChI is InChI=1S/C17H18N4O3S/c1-3-13-4-7-15(8-5-13)25(22,23)21-16-9-6-14(11-18-16)19-17-10-12(2)24-20-17/h4-11H,3H2,1-2H3,(H,18,21)(H,19,20). The van der Waals surface area contributed by atoms with Gasteiger partial charge in [0, 0.05) is 6.07 Å². The Bertz CT molecular complexity index is 948. The van der Waals surface area contributed by atoms with Gasteiger partial charge in [-0.05, 0) is 43.2 Å². The summed E-state index contributed by atoms with van der Waals surface area (Å²) in [6, 6.07) is 11.8. The van der Waals surface area contributed by atoms with Crippen LogP contribution < -0.4 is 10.0 Å². The zero-order valence-corrected chi connectivity index (χ0v) is 14.7. The molecule has 7 nitrogen and oxygen atoms in total. The highest BCUT2D eigenvalue weighted by atomic mass is 32.2. The van der Waals surface area contributed by atoms with Gasteiger partial charge in [-0.3, -0.25) is 4.72 Å². The zero-order valence-electron chi connectivity index (χ0n) is 13.9. The third-order valence-corrected chi connectivity index (χ3v) is 4.92. The number of nitrogens with zero attached hydrogens (tertiary/aromatic N) is 2. The van der Waals surface area contributed by atoms with Crippen LogP contribution in [0.15, 0.2) is 58.1 Å². The van der Waals surface area contributed by atoms with Crippen molar-refractivity contribution in [2.45, 2.75) is 25.2 Å². The molecule has 0 spiro atoms. The summed E-state index contributed by atoms with van der Waals surface area (Å²) in [6.45, 7) is 3.81. The minimum Gasteiger partial charge on any atom is -0.360 e. The highest BCUT2D eigenvalue weighted by Gasteiger charge is 2.14. The summed E-state index contributed by atoms with van der Waals surface area (Å²) in [4.78, 5) is 4.32. The predicted molar refractivity (Wildman–Crippen MR) is 95.4 cm³/mol. The molecule has 2 aromatic heterocycles. The van der Waals surface area contributed by atoms with Crippen LogP contribution in [0.25, 0.3) is 0 Å². The van der Waals surface area contributed by atoms with Crippen molar-refractivity contribution in [3.8, 4) is 0 Å². The number of rotatable bonds is 6. The topological polar surface area (TPSA) is 97.1 Å². The average Bonchev–Trinajstić information content (AvgIpc) is 3.01. The number of hydrogen-bond donors (Lipinski definition) is 2.